The van der Waals surface area contributed by atoms with E-state index in [1.807, 2.05) is 0 Å². The second kappa shape index (κ2) is 6.59. The van der Waals surface area contributed by atoms with Crippen LogP contribution in [0.25, 0.3) is 0 Å². The van der Waals surface area contributed by atoms with Crippen molar-refractivity contribution in [3.05, 3.63) is 33.8 Å². The van der Waals surface area contributed by atoms with E-state index >= 15 is 0 Å². The molecule has 110 valence electrons. The maximum atomic E-state index is 3.75. The summed E-state index contributed by atoms with van der Waals surface area (Å²) in [5, 5.41) is 3.57. The molecular weight excluding hydrogens is 312 g/mol. The first-order valence-electron chi connectivity index (χ1n) is 7.93. The summed E-state index contributed by atoms with van der Waals surface area (Å²) >= 11 is 3.75. The quantitative estimate of drug-likeness (QED) is 0.842. The smallest absolute Gasteiger partial charge is 0.0244 e. The summed E-state index contributed by atoms with van der Waals surface area (Å²) < 4.78 is 1.26. The highest BCUT2D eigenvalue weighted by atomic mass is 79.9. The number of benzene rings is 1. The van der Waals surface area contributed by atoms with Crippen LogP contribution in [0.1, 0.15) is 49.7 Å². The van der Waals surface area contributed by atoms with Gasteiger partial charge in [0.25, 0.3) is 0 Å². The van der Waals surface area contributed by atoms with E-state index in [-0.39, 0.29) is 0 Å². The van der Waals surface area contributed by atoms with Crippen LogP contribution < -0.4 is 5.32 Å². The summed E-state index contributed by atoms with van der Waals surface area (Å²) in [6.07, 6.45) is 8.26. The van der Waals surface area contributed by atoms with Gasteiger partial charge in [0.15, 0.2) is 0 Å². The number of hydrogen-bond acceptors (Lipinski definition) is 2. The summed E-state index contributed by atoms with van der Waals surface area (Å²) in [7, 11) is 2.27. The van der Waals surface area contributed by atoms with Crippen LogP contribution >= 0.6 is 15.9 Å². The zero-order valence-corrected chi connectivity index (χ0v) is 14.0. The molecule has 20 heavy (non-hydrogen) atoms. The van der Waals surface area contributed by atoms with Crippen molar-refractivity contribution in [3.8, 4) is 0 Å². The van der Waals surface area contributed by atoms with Gasteiger partial charge in [0.2, 0.25) is 0 Å². The topological polar surface area (TPSA) is 15.3 Å². The molecule has 0 unspecified atom stereocenters. The SMILES string of the molecule is CN(Cc1ccc(CNC2CC2)cc1Br)C1CCCC1. The third-order valence-corrected chi connectivity index (χ3v) is 5.40. The Balaban J connectivity index is 1.57. The molecule has 0 bridgehead atoms. The van der Waals surface area contributed by atoms with Gasteiger partial charge < -0.3 is 5.32 Å². The van der Waals surface area contributed by atoms with E-state index in [9.17, 15) is 0 Å². The Kier molecular flexibility index (Phi) is 4.79. The molecule has 0 aliphatic heterocycles. The normalized spacial score (nSPS) is 19.9. The number of rotatable bonds is 6. The number of nitrogens with one attached hydrogen (secondary N) is 1. The minimum absolute atomic E-state index is 0.780. The zero-order chi connectivity index (χ0) is 13.9. The maximum Gasteiger partial charge on any atom is 0.0244 e. The highest BCUT2D eigenvalue weighted by Gasteiger charge is 2.21. The fraction of sp³-hybridized carbons (Fsp3) is 0.647. The Morgan fingerprint density at radius 2 is 1.95 bits per heavy atom. The van der Waals surface area contributed by atoms with Crippen molar-refractivity contribution in [2.75, 3.05) is 7.05 Å². The van der Waals surface area contributed by atoms with Gasteiger partial charge in [-0.3, -0.25) is 4.90 Å². The largest absolute Gasteiger partial charge is 0.310 e. The molecule has 0 atom stereocenters. The van der Waals surface area contributed by atoms with E-state index in [0.29, 0.717) is 0 Å². The van der Waals surface area contributed by atoms with Crippen LogP contribution in [0.5, 0.6) is 0 Å². The van der Waals surface area contributed by atoms with Gasteiger partial charge >= 0.3 is 0 Å². The molecule has 0 saturated heterocycles. The first-order chi connectivity index (χ1) is 9.72. The molecule has 2 aliphatic carbocycles. The van der Waals surface area contributed by atoms with Gasteiger partial charge in [-0.1, -0.05) is 40.9 Å². The average Bonchev–Trinajstić information content (AvgIpc) is 3.10. The van der Waals surface area contributed by atoms with Gasteiger partial charge in [-0.25, -0.2) is 0 Å². The summed E-state index contributed by atoms with van der Waals surface area (Å²) in [6.45, 7) is 2.06. The molecule has 2 aliphatic rings. The molecule has 1 aromatic carbocycles. The molecule has 2 saturated carbocycles. The van der Waals surface area contributed by atoms with E-state index in [1.165, 1.54) is 54.1 Å². The minimum atomic E-state index is 0.780. The van der Waals surface area contributed by atoms with E-state index < -0.39 is 0 Å². The fourth-order valence-corrected chi connectivity index (χ4v) is 3.67. The molecule has 0 spiro atoms. The lowest BCUT2D eigenvalue weighted by atomic mass is 10.1. The maximum absolute atomic E-state index is 3.75. The molecule has 0 radical (unpaired) electrons. The van der Waals surface area contributed by atoms with Gasteiger partial charge in [-0.05, 0) is 49.9 Å². The molecule has 0 amide bonds. The third kappa shape index (κ3) is 3.84. The fourth-order valence-electron chi connectivity index (χ4n) is 3.12. The second-order valence-corrected chi connectivity index (χ2v) is 7.29. The van der Waals surface area contributed by atoms with Crippen molar-refractivity contribution in [3.63, 3.8) is 0 Å². The predicted molar refractivity (Wildman–Crippen MR) is 87.7 cm³/mol. The van der Waals surface area contributed by atoms with Crippen molar-refractivity contribution in [2.24, 2.45) is 0 Å². The van der Waals surface area contributed by atoms with Gasteiger partial charge in [0.1, 0.15) is 0 Å². The van der Waals surface area contributed by atoms with E-state index in [1.54, 1.807) is 0 Å². The van der Waals surface area contributed by atoms with E-state index in [2.05, 4.69) is 51.4 Å². The van der Waals surface area contributed by atoms with Crippen LogP contribution in [-0.2, 0) is 13.1 Å². The zero-order valence-electron chi connectivity index (χ0n) is 12.4. The molecule has 2 fully saturated rings. The summed E-state index contributed by atoms with van der Waals surface area (Å²) in [5.41, 5.74) is 2.80. The average molecular weight is 337 g/mol. The highest BCUT2D eigenvalue weighted by molar-refractivity contribution is 9.10. The first kappa shape index (κ1) is 14.6. The molecule has 3 heteroatoms. The Hall–Kier alpha value is -0.380. The van der Waals surface area contributed by atoms with Crippen LogP contribution in [0.3, 0.4) is 0 Å². The predicted octanol–water partition coefficient (Wildman–Crippen LogP) is 4.08. The van der Waals surface area contributed by atoms with Crippen LogP contribution in [0.15, 0.2) is 22.7 Å². The molecule has 2 nitrogen and oxygen atoms in total. The van der Waals surface area contributed by atoms with E-state index in [4.69, 9.17) is 0 Å². The monoisotopic (exact) mass is 336 g/mol. The Labute approximate surface area is 131 Å². The van der Waals surface area contributed by atoms with Crippen LogP contribution in [0.2, 0.25) is 0 Å². The molecule has 1 aromatic rings. The van der Waals surface area contributed by atoms with Crippen molar-refractivity contribution < 1.29 is 0 Å². The lowest BCUT2D eigenvalue weighted by Crippen LogP contribution is -2.28. The Morgan fingerprint density at radius 1 is 1.20 bits per heavy atom. The summed E-state index contributed by atoms with van der Waals surface area (Å²) in [4.78, 5) is 2.52. The van der Waals surface area contributed by atoms with Crippen LogP contribution in [0.4, 0.5) is 0 Å². The number of halogens is 1. The van der Waals surface area contributed by atoms with Crippen molar-refractivity contribution in [1.29, 1.82) is 0 Å². The highest BCUT2D eigenvalue weighted by Crippen LogP contribution is 2.26. The van der Waals surface area contributed by atoms with Crippen LogP contribution in [0, 0.1) is 0 Å². The lowest BCUT2D eigenvalue weighted by molar-refractivity contribution is 0.237. The minimum Gasteiger partial charge on any atom is -0.310 e. The molecular formula is C17H25BrN2. The van der Waals surface area contributed by atoms with E-state index in [0.717, 1.165) is 25.2 Å². The summed E-state index contributed by atoms with van der Waals surface area (Å²) in [6, 6.07) is 8.42. The molecule has 3 rings (SSSR count). The van der Waals surface area contributed by atoms with Crippen LogP contribution in [-0.4, -0.2) is 24.0 Å². The van der Waals surface area contributed by atoms with Gasteiger partial charge in [-0.15, -0.1) is 0 Å². The second-order valence-electron chi connectivity index (χ2n) is 6.43. The Morgan fingerprint density at radius 3 is 2.60 bits per heavy atom. The van der Waals surface area contributed by atoms with Gasteiger partial charge in [0.05, 0.1) is 0 Å². The number of hydrogen-bond donors (Lipinski definition) is 1. The first-order valence-corrected chi connectivity index (χ1v) is 8.72. The van der Waals surface area contributed by atoms with Gasteiger partial charge in [-0.2, -0.15) is 0 Å². The molecule has 0 heterocycles. The van der Waals surface area contributed by atoms with Crippen molar-refractivity contribution in [1.82, 2.24) is 10.2 Å². The standard InChI is InChI=1S/C17H25BrN2/c1-20(16-4-2-3-5-16)12-14-7-6-13(10-17(14)18)11-19-15-8-9-15/h6-7,10,15-16,19H,2-5,8-9,11-12H2,1H3. The lowest BCUT2D eigenvalue weighted by Gasteiger charge is -2.24. The third-order valence-electron chi connectivity index (χ3n) is 4.66. The molecule has 0 aromatic heterocycles. The molecule has 1 N–H and O–H groups in total. The number of nitrogens with zero attached hydrogens (tertiary/aromatic N) is 1. The van der Waals surface area contributed by atoms with Gasteiger partial charge in [0, 0.05) is 29.6 Å². The van der Waals surface area contributed by atoms with Crippen molar-refractivity contribution in [2.45, 2.75) is 63.7 Å². The van der Waals surface area contributed by atoms with Crippen molar-refractivity contribution >= 4 is 15.9 Å². The Bertz CT molecular complexity index is 450. The summed E-state index contributed by atoms with van der Waals surface area (Å²) in [5.74, 6) is 0.